The lowest BCUT2D eigenvalue weighted by molar-refractivity contribution is -0.123. The van der Waals surface area contributed by atoms with Crippen LogP contribution in [0.1, 0.15) is 40.5 Å². The van der Waals surface area contributed by atoms with E-state index in [1.807, 2.05) is 6.92 Å². The third-order valence-corrected chi connectivity index (χ3v) is 3.84. The van der Waals surface area contributed by atoms with Crippen LogP contribution < -0.4 is 10.1 Å². The van der Waals surface area contributed by atoms with Gasteiger partial charge < -0.3 is 19.5 Å². The Morgan fingerprint density at radius 1 is 1.08 bits per heavy atom. The van der Waals surface area contributed by atoms with Crippen molar-refractivity contribution in [2.24, 2.45) is 5.92 Å². The van der Waals surface area contributed by atoms with Crippen molar-refractivity contribution in [3.05, 3.63) is 29.3 Å². The van der Waals surface area contributed by atoms with E-state index in [0.29, 0.717) is 5.92 Å². The smallest absolute Gasteiger partial charge is 0.338 e. The van der Waals surface area contributed by atoms with Gasteiger partial charge in [-0.2, -0.15) is 0 Å². The zero-order chi connectivity index (χ0) is 17.7. The Bertz CT molecular complexity index is 604. The Morgan fingerprint density at radius 3 is 2.08 bits per heavy atom. The molecular weight excluding hydrogens is 314 g/mol. The molecule has 1 saturated carbocycles. The van der Waals surface area contributed by atoms with Gasteiger partial charge in [0.05, 0.1) is 25.3 Å². The van der Waals surface area contributed by atoms with E-state index in [-0.39, 0.29) is 35.4 Å². The van der Waals surface area contributed by atoms with Crippen molar-refractivity contribution in [1.29, 1.82) is 0 Å². The van der Waals surface area contributed by atoms with Crippen LogP contribution in [0.15, 0.2) is 18.2 Å². The van der Waals surface area contributed by atoms with Gasteiger partial charge in [0, 0.05) is 6.04 Å². The molecule has 0 bridgehead atoms. The predicted octanol–water partition coefficient (Wildman–Crippen LogP) is 1.55. The van der Waals surface area contributed by atoms with Crippen LogP contribution in [-0.2, 0) is 14.3 Å². The van der Waals surface area contributed by atoms with Crippen molar-refractivity contribution in [3.8, 4) is 5.75 Å². The molecule has 24 heavy (non-hydrogen) atoms. The highest BCUT2D eigenvalue weighted by Gasteiger charge is 2.28. The molecule has 1 aromatic rings. The van der Waals surface area contributed by atoms with E-state index >= 15 is 0 Å². The second-order valence-electron chi connectivity index (χ2n) is 5.71. The number of esters is 2. The number of hydrogen-bond donors (Lipinski definition) is 1. The van der Waals surface area contributed by atoms with Crippen molar-refractivity contribution in [3.63, 3.8) is 0 Å². The highest BCUT2D eigenvalue weighted by Crippen LogP contribution is 2.32. The van der Waals surface area contributed by atoms with Gasteiger partial charge in [-0.3, -0.25) is 4.79 Å². The summed E-state index contributed by atoms with van der Waals surface area (Å²) in [6.07, 6.45) is 2.26. The molecule has 2 rings (SSSR count). The van der Waals surface area contributed by atoms with Crippen molar-refractivity contribution in [2.45, 2.75) is 25.8 Å². The van der Waals surface area contributed by atoms with Crippen LogP contribution >= 0.6 is 0 Å². The number of benzene rings is 1. The molecule has 130 valence electrons. The fourth-order valence-corrected chi connectivity index (χ4v) is 2.31. The highest BCUT2D eigenvalue weighted by atomic mass is 16.5. The molecule has 1 aliphatic carbocycles. The van der Waals surface area contributed by atoms with Crippen molar-refractivity contribution in [1.82, 2.24) is 5.32 Å². The maximum atomic E-state index is 11.9. The topological polar surface area (TPSA) is 90.9 Å². The summed E-state index contributed by atoms with van der Waals surface area (Å²) in [7, 11) is 2.47. The molecule has 1 aromatic carbocycles. The molecule has 0 unspecified atom stereocenters. The van der Waals surface area contributed by atoms with Gasteiger partial charge in [0.25, 0.3) is 5.91 Å². The maximum Gasteiger partial charge on any atom is 0.338 e. The Labute approximate surface area is 140 Å². The van der Waals surface area contributed by atoms with Gasteiger partial charge in [-0.05, 0) is 43.9 Å². The van der Waals surface area contributed by atoms with Crippen LogP contribution in [-0.4, -0.2) is 44.7 Å². The van der Waals surface area contributed by atoms with Gasteiger partial charge in [-0.25, -0.2) is 9.59 Å². The summed E-state index contributed by atoms with van der Waals surface area (Å²) in [6.45, 7) is 1.76. The second kappa shape index (κ2) is 7.81. The van der Waals surface area contributed by atoms with E-state index in [4.69, 9.17) is 4.74 Å². The van der Waals surface area contributed by atoms with E-state index < -0.39 is 11.9 Å². The van der Waals surface area contributed by atoms with Crippen LogP contribution in [0.25, 0.3) is 0 Å². The van der Waals surface area contributed by atoms with Gasteiger partial charge >= 0.3 is 11.9 Å². The minimum atomic E-state index is -0.614. The van der Waals surface area contributed by atoms with E-state index in [1.165, 1.54) is 32.4 Å². The van der Waals surface area contributed by atoms with E-state index in [9.17, 15) is 14.4 Å². The molecule has 1 N–H and O–H groups in total. The lowest BCUT2D eigenvalue weighted by atomic mass is 10.1. The molecule has 1 amide bonds. The standard InChI is InChI=1S/C17H21NO6/c1-10(11-4-5-11)18-15(19)9-24-14-7-12(16(20)22-2)6-13(8-14)17(21)23-3/h6-8,10-11H,4-5,9H2,1-3H3,(H,18,19)/t10-/m0/s1. The van der Waals surface area contributed by atoms with Crippen LogP contribution in [0, 0.1) is 5.92 Å². The summed E-state index contributed by atoms with van der Waals surface area (Å²) in [5, 5.41) is 2.86. The molecule has 0 heterocycles. The second-order valence-corrected chi connectivity index (χ2v) is 5.71. The van der Waals surface area contributed by atoms with Crippen LogP contribution in [0.4, 0.5) is 0 Å². The number of amides is 1. The molecule has 1 aliphatic rings. The van der Waals surface area contributed by atoms with Gasteiger partial charge in [0.1, 0.15) is 5.75 Å². The fraction of sp³-hybridized carbons (Fsp3) is 0.471. The predicted molar refractivity (Wildman–Crippen MR) is 84.9 cm³/mol. The summed E-state index contributed by atoms with van der Waals surface area (Å²) >= 11 is 0. The largest absolute Gasteiger partial charge is 0.484 e. The minimum Gasteiger partial charge on any atom is -0.484 e. The molecule has 7 heteroatoms. The average molecular weight is 335 g/mol. The summed E-state index contributed by atoms with van der Waals surface area (Å²) < 4.78 is 14.7. The molecule has 0 aliphatic heterocycles. The minimum absolute atomic E-state index is 0.119. The first-order chi connectivity index (χ1) is 11.4. The monoisotopic (exact) mass is 335 g/mol. The van der Waals surface area contributed by atoms with Crippen LogP contribution in [0.2, 0.25) is 0 Å². The van der Waals surface area contributed by atoms with Gasteiger partial charge in [0.2, 0.25) is 0 Å². The summed E-state index contributed by atoms with van der Waals surface area (Å²) in [5.41, 5.74) is 0.282. The quantitative estimate of drug-likeness (QED) is 0.760. The van der Waals surface area contributed by atoms with Gasteiger partial charge in [0.15, 0.2) is 6.61 Å². The summed E-state index contributed by atoms with van der Waals surface area (Å²) in [6, 6.07) is 4.29. The SMILES string of the molecule is COC(=O)c1cc(OCC(=O)N[C@@H](C)C2CC2)cc(C(=O)OC)c1. The molecule has 0 aromatic heterocycles. The lowest BCUT2D eigenvalue weighted by Gasteiger charge is -2.14. The Morgan fingerprint density at radius 2 is 1.62 bits per heavy atom. The summed E-state index contributed by atoms with van der Waals surface area (Å²) in [4.78, 5) is 35.3. The highest BCUT2D eigenvalue weighted by molar-refractivity contribution is 5.96. The van der Waals surface area contributed by atoms with Gasteiger partial charge in [-0.15, -0.1) is 0 Å². The van der Waals surface area contributed by atoms with Crippen molar-refractivity contribution >= 4 is 17.8 Å². The number of methoxy groups -OCH3 is 2. The zero-order valence-electron chi connectivity index (χ0n) is 14.0. The fourth-order valence-electron chi connectivity index (χ4n) is 2.31. The normalized spacial score (nSPS) is 14.5. The Kier molecular flexibility index (Phi) is 5.78. The first kappa shape index (κ1) is 17.8. The maximum absolute atomic E-state index is 11.9. The lowest BCUT2D eigenvalue weighted by Crippen LogP contribution is -2.37. The van der Waals surface area contributed by atoms with E-state index in [2.05, 4.69) is 14.8 Å². The third-order valence-electron chi connectivity index (χ3n) is 3.84. The summed E-state index contributed by atoms with van der Waals surface area (Å²) in [5.74, 6) is -0.720. The molecule has 7 nitrogen and oxygen atoms in total. The number of nitrogens with one attached hydrogen (secondary N) is 1. The average Bonchev–Trinajstić information content (AvgIpc) is 3.43. The Hall–Kier alpha value is -2.57. The first-order valence-corrected chi connectivity index (χ1v) is 7.68. The molecule has 0 saturated heterocycles. The molecule has 1 fully saturated rings. The number of hydrogen-bond acceptors (Lipinski definition) is 6. The van der Waals surface area contributed by atoms with E-state index in [0.717, 1.165) is 12.8 Å². The molecule has 0 spiro atoms. The third kappa shape index (κ3) is 4.71. The number of ether oxygens (including phenoxy) is 3. The first-order valence-electron chi connectivity index (χ1n) is 7.68. The number of rotatable bonds is 7. The molecular formula is C17H21NO6. The van der Waals surface area contributed by atoms with E-state index in [1.54, 1.807) is 0 Å². The van der Waals surface area contributed by atoms with Crippen molar-refractivity contribution in [2.75, 3.05) is 20.8 Å². The Balaban J connectivity index is 2.05. The zero-order valence-corrected chi connectivity index (χ0v) is 14.0. The van der Waals surface area contributed by atoms with Crippen LogP contribution in [0.5, 0.6) is 5.75 Å². The molecule has 1 atom stereocenters. The number of carbonyl (C=O) groups excluding carboxylic acids is 3. The number of carbonyl (C=O) groups is 3. The van der Waals surface area contributed by atoms with Gasteiger partial charge in [-0.1, -0.05) is 0 Å². The van der Waals surface area contributed by atoms with Crippen molar-refractivity contribution < 1.29 is 28.6 Å². The molecule has 0 radical (unpaired) electrons. The van der Waals surface area contributed by atoms with Crippen LogP contribution in [0.3, 0.4) is 0 Å².